The molecule has 0 aliphatic heterocycles. The summed E-state index contributed by atoms with van der Waals surface area (Å²) < 4.78 is 0. The van der Waals surface area contributed by atoms with Crippen molar-refractivity contribution in [1.82, 2.24) is 0 Å². The summed E-state index contributed by atoms with van der Waals surface area (Å²) in [5.41, 5.74) is 0. The Morgan fingerprint density at radius 2 is 1.90 bits per heavy atom. The fraction of sp³-hybridized carbons (Fsp3) is 0.625. The van der Waals surface area contributed by atoms with Gasteiger partial charge in [0, 0.05) is 5.92 Å². The summed E-state index contributed by atoms with van der Waals surface area (Å²) in [6, 6.07) is 0. The summed E-state index contributed by atoms with van der Waals surface area (Å²) in [5, 5.41) is 1.14. The molecule has 0 amide bonds. The summed E-state index contributed by atoms with van der Waals surface area (Å²) in [4.78, 5) is 10.4. The van der Waals surface area contributed by atoms with Crippen LogP contribution < -0.4 is 0 Å². The molecule has 0 aromatic rings. The second-order valence-electron chi connectivity index (χ2n) is 3.70. The zero-order chi connectivity index (χ0) is 8.36. The maximum Gasteiger partial charge on any atom is 0.126 e. The Balaban J connectivity index is 4.22. The lowest BCUT2D eigenvalue weighted by atomic mass is 10.2. The van der Waals surface area contributed by atoms with Gasteiger partial charge in [-0.1, -0.05) is 31.8 Å². The Hall–Kier alpha value is -0.373. The lowest BCUT2D eigenvalue weighted by Crippen LogP contribution is -2.27. The topological polar surface area (TPSA) is 17.1 Å². The molecule has 2 heteroatoms. The van der Waals surface area contributed by atoms with Crippen molar-refractivity contribution in [3.05, 3.63) is 11.8 Å². The van der Waals surface area contributed by atoms with Crippen LogP contribution in [0.1, 0.15) is 6.92 Å². The van der Waals surface area contributed by atoms with Crippen molar-refractivity contribution in [3.63, 3.8) is 0 Å². The normalized spacial score (nSPS) is 14.4. The van der Waals surface area contributed by atoms with Crippen LogP contribution >= 0.6 is 0 Å². The van der Waals surface area contributed by atoms with E-state index in [1.165, 1.54) is 0 Å². The van der Waals surface area contributed by atoms with E-state index in [0.717, 1.165) is 11.5 Å². The molecule has 0 radical (unpaired) electrons. The first-order chi connectivity index (χ1) is 4.39. The Morgan fingerprint density at radius 1 is 1.50 bits per heavy atom. The van der Waals surface area contributed by atoms with E-state index in [1.807, 2.05) is 6.92 Å². The molecule has 1 nitrogen and oxygen atoms in total. The minimum Gasteiger partial charge on any atom is -0.303 e. The van der Waals surface area contributed by atoms with Crippen molar-refractivity contribution in [2.75, 3.05) is 0 Å². The predicted molar refractivity (Wildman–Crippen MR) is 47.7 cm³/mol. The van der Waals surface area contributed by atoms with Crippen LogP contribution in [-0.4, -0.2) is 14.4 Å². The molecule has 58 valence electrons. The predicted octanol–water partition coefficient (Wildman–Crippen LogP) is 2.25. The molecule has 0 aromatic carbocycles. The smallest absolute Gasteiger partial charge is 0.126 e. The molecule has 0 saturated heterocycles. The van der Waals surface area contributed by atoms with Crippen LogP contribution in [0.25, 0.3) is 0 Å². The van der Waals surface area contributed by atoms with E-state index in [-0.39, 0.29) is 5.92 Å². The summed E-state index contributed by atoms with van der Waals surface area (Å²) >= 11 is 0. The Morgan fingerprint density at radius 3 is 2.00 bits per heavy atom. The summed E-state index contributed by atoms with van der Waals surface area (Å²) in [7, 11) is -1.27. The largest absolute Gasteiger partial charge is 0.303 e. The van der Waals surface area contributed by atoms with E-state index in [9.17, 15) is 4.79 Å². The van der Waals surface area contributed by atoms with Crippen molar-refractivity contribution in [2.45, 2.75) is 26.6 Å². The molecule has 0 bridgehead atoms. The fourth-order valence-electron chi connectivity index (χ4n) is 0.765. The molecule has 0 rings (SSSR count). The van der Waals surface area contributed by atoms with Gasteiger partial charge in [0.2, 0.25) is 0 Å². The van der Waals surface area contributed by atoms with Crippen LogP contribution in [0.4, 0.5) is 0 Å². The molecule has 0 aromatic heterocycles. The highest BCUT2D eigenvalue weighted by molar-refractivity contribution is 6.83. The molecular weight excluding hydrogens is 140 g/mol. The SMILES string of the molecule is C=C([C@@H](C)C=O)[Si](C)(C)C. The number of hydrogen-bond acceptors (Lipinski definition) is 1. The molecule has 0 heterocycles. The van der Waals surface area contributed by atoms with Gasteiger partial charge in [0.25, 0.3) is 0 Å². The van der Waals surface area contributed by atoms with Gasteiger partial charge in [-0.3, -0.25) is 0 Å². The minimum atomic E-state index is -1.27. The van der Waals surface area contributed by atoms with Crippen molar-refractivity contribution in [3.8, 4) is 0 Å². The van der Waals surface area contributed by atoms with Crippen LogP contribution in [0.3, 0.4) is 0 Å². The van der Waals surface area contributed by atoms with E-state index in [0.29, 0.717) is 0 Å². The molecule has 0 unspecified atom stereocenters. The maximum atomic E-state index is 10.4. The van der Waals surface area contributed by atoms with Crippen LogP contribution in [0.5, 0.6) is 0 Å². The van der Waals surface area contributed by atoms with Gasteiger partial charge in [-0.15, -0.1) is 6.58 Å². The van der Waals surface area contributed by atoms with E-state index in [1.54, 1.807) is 0 Å². The maximum absolute atomic E-state index is 10.4. The molecular formula is C8H16OSi. The molecule has 0 spiro atoms. The highest BCUT2D eigenvalue weighted by Crippen LogP contribution is 2.18. The Labute approximate surface area is 64.1 Å². The van der Waals surface area contributed by atoms with Crippen LogP contribution in [0.2, 0.25) is 19.6 Å². The first kappa shape index (κ1) is 9.63. The van der Waals surface area contributed by atoms with E-state index >= 15 is 0 Å². The van der Waals surface area contributed by atoms with Gasteiger partial charge in [-0.2, -0.15) is 0 Å². The van der Waals surface area contributed by atoms with Crippen molar-refractivity contribution in [2.24, 2.45) is 5.92 Å². The Kier molecular flexibility index (Phi) is 3.03. The zero-order valence-electron chi connectivity index (χ0n) is 7.27. The fourth-order valence-corrected chi connectivity index (χ4v) is 2.20. The number of rotatable bonds is 3. The van der Waals surface area contributed by atoms with Crippen molar-refractivity contribution in [1.29, 1.82) is 0 Å². The monoisotopic (exact) mass is 156 g/mol. The van der Waals surface area contributed by atoms with Crippen molar-refractivity contribution >= 4 is 14.4 Å². The van der Waals surface area contributed by atoms with Crippen LogP contribution in [0, 0.1) is 5.92 Å². The van der Waals surface area contributed by atoms with Gasteiger partial charge in [-0.05, 0) is 0 Å². The van der Waals surface area contributed by atoms with Gasteiger partial charge in [-0.25, -0.2) is 0 Å². The van der Waals surface area contributed by atoms with Gasteiger partial charge in [0.1, 0.15) is 6.29 Å². The molecule has 1 atom stereocenters. The van der Waals surface area contributed by atoms with Gasteiger partial charge < -0.3 is 4.79 Å². The standard InChI is InChI=1S/C8H16OSi/c1-7(6-9)8(2)10(3,4)5/h6-7H,2H2,1,3-5H3/t7-/m0/s1. The van der Waals surface area contributed by atoms with Crippen molar-refractivity contribution < 1.29 is 4.79 Å². The van der Waals surface area contributed by atoms with E-state index < -0.39 is 8.07 Å². The molecule has 0 N–H and O–H groups in total. The lowest BCUT2D eigenvalue weighted by molar-refractivity contribution is -0.109. The molecule has 0 saturated carbocycles. The number of carbonyl (C=O) groups excluding carboxylic acids is 1. The number of aldehydes is 1. The second-order valence-corrected chi connectivity index (χ2v) is 8.84. The van der Waals surface area contributed by atoms with Crippen LogP contribution in [-0.2, 0) is 4.79 Å². The van der Waals surface area contributed by atoms with Gasteiger partial charge in [0.05, 0.1) is 8.07 Å². The number of allylic oxidation sites excluding steroid dienone is 1. The third-order valence-corrected chi connectivity index (χ3v) is 4.10. The number of hydrogen-bond donors (Lipinski definition) is 0. The summed E-state index contributed by atoms with van der Waals surface area (Å²) in [5.74, 6) is 0.0478. The highest BCUT2D eigenvalue weighted by atomic mass is 28.3. The highest BCUT2D eigenvalue weighted by Gasteiger charge is 2.21. The number of carbonyl (C=O) groups is 1. The molecule has 10 heavy (non-hydrogen) atoms. The van der Waals surface area contributed by atoms with Gasteiger partial charge in [0.15, 0.2) is 0 Å². The second kappa shape index (κ2) is 3.15. The van der Waals surface area contributed by atoms with E-state index in [2.05, 4.69) is 26.2 Å². The zero-order valence-corrected chi connectivity index (χ0v) is 8.27. The third kappa shape index (κ3) is 2.48. The lowest BCUT2D eigenvalue weighted by Gasteiger charge is -2.21. The first-order valence-corrected chi connectivity index (χ1v) is 7.04. The Bertz CT molecular complexity index is 144. The van der Waals surface area contributed by atoms with Gasteiger partial charge >= 0.3 is 0 Å². The quantitative estimate of drug-likeness (QED) is 0.452. The van der Waals surface area contributed by atoms with Crippen LogP contribution in [0.15, 0.2) is 11.8 Å². The first-order valence-electron chi connectivity index (χ1n) is 3.54. The minimum absolute atomic E-state index is 0.0478. The third-order valence-electron chi connectivity index (χ3n) is 1.72. The average Bonchev–Trinajstić information content (AvgIpc) is 1.83. The summed E-state index contributed by atoms with van der Waals surface area (Å²) in [6.07, 6.45) is 0.973. The molecule has 0 fully saturated rings. The molecule has 0 aliphatic carbocycles. The summed E-state index contributed by atoms with van der Waals surface area (Å²) in [6.45, 7) is 12.4. The van der Waals surface area contributed by atoms with E-state index in [4.69, 9.17) is 0 Å². The average molecular weight is 156 g/mol. The molecule has 0 aliphatic rings.